The van der Waals surface area contributed by atoms with Gasteiger partial charge in [0.15, 0.2) is 0 Å². The van der Waals surface area contributed by atoms with Crippen LogP contribution in [-0.4, -0.2) is 21.3 Å². The van der Waals surface area contributed by atoms with E-state index < -0.39 is 5.95 Å². The topological polar surface area (TPSA) is 42.7 Å². The van der Waals surface area contributed by atoms with Crippen LogP contribution in [0.2, 0.25) is 0 Å². The summed E-state index contributed by atoms with van der Waals surface area (Å²) >= 11 is 0. The number of halogens is 1. The van der Waals surface area contributed by atoms with E-state index in [2.05, 4.69) is 15.4 Å². The highest BCUT2D eigenvalue weighted by Gasteiger charge is 1.99. The van der Waals surface area contributed by atoms with Gasteiger partial charge < -0.3 is 5.32 Å². The molecule has 0 aliphatic heterocycles. The first-order chi connectivity index (χ1) is 7.75. The summed E-state index contributed by atoms with van der Waals surface area (Å²) in [5.74, 6) is -0.467. The van der Waals surface area contributed by atoms with E-state index in [1.165, 1.54) is 12.3 Å². The maximum Gasteiger partial charge on any atom is 0.214 e. The van der Waals surface area contributed by atoms with Crippen LogP contribution >= 0.6 is 0 Å². The minimum atomic E-state index is -0.467. The van der Waals surface area contributed by atoms with Crippen molar-refractivity contribution in [1.29, 1.82) is 0 Å². The van der Waals surface area contributed by atoms with Crippen molar-refractivity contribution in [2.45, 2.75) is 6.42 Å². The molecule has 0 bridgehead atoms. The minimum absolute atomic E-state index is 0.467. The molecule has 4 nitrogen and oxygen atoms in total. The molecule has 0 aliphatic rings. The summed E-state index contributed by atoms with van der Waals surface area (Å²) in [4.78, 5) is 3.49. The summed E-state index contributed by atoms with van der Waals surface area (Å²) in [6.45, 7) is 0.739. The zero-order valence-electron chi connectivity index (χ0n) is 9.02. The number of hydrogen-bond donors (Lipinski definition) is 1. The van der Waals surface area contributed by atoms with Crippen molar-refractivity contribution < 1.29 is 4.39 Å². The third-order valence-electron chi connectivity index (χ3n) is 2.36. The van der Waals surface area contributed by atoms with Gasteiger partial charge in [-0.3, -0.25) is 4.68 Å². The quantitative estimate of drug-likeness (QED) is 0.796. The Bertz CT molecular complexity index is 467. The molecule has 0 saturated heterocycles. The number of nitrogens with one attached hydrogen (secondary N) is 1. The van der Waals surface area contributed by atoms with Gasteiger partial charge >= 0.3 is 0 Å². The minimum Gasteiger partial charge on any atom is -0.384 e. The van der Waals surface area contributed by atoms with Gasteiger partial charge in [0.25, 0.3) is 0 Å². The fourth-order valence-electron chi connectivity index (χ4n) is 1.49. The molecule has 1 N–H and O–H groups in total. The Hall–Kier alpha value is -1.91. The Kier molecular flexibility index (Phi) is 3.14. The summed E-state index contributed by atoms with van der Waals surface area (Å²) in [6, 6.07) is 5.09. The average molecular weight is 220 g/mol. The molecule has 0 radical (unpaired) electrons. The molecule has 0 amide bonds. The monoisotopic (exact) mass is 220 g/mol. The first kappa shape index (κ1) is 10.6. The molecule has 0 aliphatic carbocycles. The Labute approximate surface area is 93.1 Å². The van der Waals surface area contributed by atoms with Crippen LogP contribution in [-0.2, 0) is 13.5 Å². The van der Waals surface area contributed by atoms with Crippen molar-refractivity contribution >= 4 is 5.69 Å². The zero-order valence-corrected chi connectivity index (χ0v) is 9.02. The molecule has 2 rings (SSSR count). The molecule has 0 unspecified atom stereocenters. The molecule has 2 heterocycles. The molecule has 16 heavy (non-hydrogen) atoms. The highest BCUT2D eigenvalue weighted by Crippen LogP contribution is 2.07. The lowest BCUT2D eigenvalue weighted by molar-refractivity contribution is 0.584. The highest BCUT2D eigenvalue weighted by atomic mass is 19.1. The Balaban J connectivity index is 1.87. The van der Waals surface area contributed by atoms with Gasteiger partial charge in [-0.25, -0.2) is 4.98 Å². The summed E-state index contributed by atoms with van der Waals surface area (Å²) in [5, 5.41) is 7.21. The van der Waals surface area contributed by atoms with Gasteiger partial charge in [0.1, 0.15) is 0 Å². The maximum absolute atomic E-state index is 12.8. The van der Waals surface area contributed by atoms with Crippen LogP contribution in [0, 0.1) is 5.95 Å². The number of hydrogen-bond acceptors (Lipinski definition) is 3. The molecule has 5 heteroatoms. The number of anilines is 1. The molecular formula is C11H13FN4. The average Bonchev–Trinajstić information content (AvgIpc) is 2.65. The van der Waals surface area contributed by atoms with Gasteiger partial charge in [-0.15, -0.1) is 0 Å². The van der Waals surface area contributed by atoms with Crippen LogP contribution in [0.1, 0.15) is 5.69 Å². The fraction of sp³-hybridized carbons (Fsp3) is 0.273. The van der Waals surface area contributed by atoms with Gasteiger partial charge in [-0.1, -0.05) is 0 Å². The third kappa shape index (κ3) is 2.56. The van der Waals surface area contributed by atoms with Gasteiger partial charge in [0, 0.05) is 49.9 Å². The third-order valence-corrected chi connectivity index (χ3v) is 2.36. The largest absolute Gasteiger partial charge is 0.384 e. The number of nitrogens with zero attached hydrogens (tertiary/aromatic N) is 3. The Morgan fingerprint density at radius 3 is 2.94 bits per heavy atom. The number of aromatic nitrogens is 3. The van der Waals surface area contributed by atoms with Gasteiger partial charge in [-0.2, -0.15) is 9.49 Å². The van der Waals surface area contributed by atoms with Crippen molar-refractivity contribution in [1.82, 2.24) is 14.8 Å². The molecule has 0 saturated carbocycles. The molecule has 84 valence electrons. The Morgan fingerprint density at radius 2 is 2.25 bits per heavy atom. The second-order valence-corrected chi connectivity index (χ2v) is 3.49. The van der Waals surface area contributed by atoms with E-state index in [1.807, 2.05) is 17.8 Å². The lowest BCUT2D eigenvalue weighted by Gasteiger charge is -2.06. The van der Waals surface area contributed by atoms with Crippen LogP contribution in [0.25, 0.3) is 0 Å². The molecule has 2 aromatic rings. The van der Waals surface area contributed by atoms with Gasteiger partial charge in [0.05, 0.1) is 0 Å². The molecule has 0 aromatic carbocycles. The van der Waals surface area contributed by atoms with Gasteiger partial charge in [-0.05, 0) is 12.1 Å². The van der Waals surface area contributed by atoms with Crippen LogP contribution in [0.15, 0.2) is 30.6 Å². The predicted molar refractivity (Wildman–Crippen MR) is 59.6 cm³/mol. The predicted octanol–water partition coefficient (Wildman–Crippen LogP) is 1.61. The van der Waals surface area contributed by atoms with Crippen molar-refractivity contribution in [3.8, 4) is 0 Å². The standard InChI is InChI=1S/C11H13FN4/c1-16-10(4-7-15-16)3-6-13-9-2-5-14-11(12)8-9/h2,4-5,7-8H,3,6H2,1H3,(H,13,14). The molecule has 0 atom stereocenters. The van der Waals surface area contributed by atoms with Gasteiger partial charge in [0.2, 0.25) is 5.95 Å². The number of pyridine rings is 1. The number of aryl methyl sites for hydroxylation is 1. The fourth-order valence-corrected chi connectivity index (χ4v) is 1.49. The second kappa shape index (κ2) is 4.74. The molecule has 0 fully saturated rings. The van der Waals surface area contributed by atoms with E-state index in [0.29, 0.717) is 0 Å². The molecule has 0 spiro atoms. The van der Waals surface area contributed by atoms with E-state index in [4.69, 9.17) is 0 Å². The van der Waals surface area contributed by atoms with Crippen LogP contribution in [0.3, 0.4) is 0 Å². The van der Waals surface area contributed by atoms with Crippen molar-refractivity contribution in [3.05, 3.63) is 42.2 Å². The summed E-state index contributed by atoms with van der Waals surface area (Å²) in [6.07, 6.45) is 4.06. The SMILES string of the molecule is Cn1nccc1CCNc1ccnc(F)c1. The van der Waals surface area contributed by atoms with Crippen molar-refractivity contribution in [3.63, 3.8) is 0 Å². The van der Waals surface area contributed by atoms with E-state index in [9.17, 15) is 4.39 Å². The molecule has 2 aromatic heterocycles. The first-order valence-electron chi connectivity index (χ1n) is 5.08. The summed E-state index contributed by atoms with van der Waals surface area (Å²) in [5.41, 5.74) is 1.89. The lowest BCUT2D eigenvalue weighted by atomic mass is 10.3. The zero-order chi connectivity index (χ0) is 11.4. The van der Waals surface area contributed by atoms with E-state index >= 15 is 0 Å². The molecular weight excluding hydrogens is 207 g/mol. The highest BCUT2D eigenvalue weighted by molar-refractivity contribution is 5.41. The lowest BCUT2D eigenvalue weighted by Crippen LogP contribution is -2.08. The van der Waals surface area contributed by atoms with Crippen LogP contribution in [0.4, 0.5) is 10.1 Å². The summed E-state index contributed by atoms with van der Waals surface area (Å²) < 4.78 is 14.6. The smallest absolute Gasteiger partial charge is 0.214 e. The van der Waals surface area contributed by atoms with E-state index in [0.717, 1.165) is 24.3 Å². The van der Waals surface area contributed by atoms with Crippen molar-refractivity contribution in [2.24, 2.45) is 7.05 Å². The van der Waals surface area contributed by atoms with Crippen LogP contribution < -0.4 is 5.32 Å². The summed E-state index contributed by atoms with van der Waals surface area (Å²) in [7, 11) is 1.90. The van der Waals surface area contributed by atoms with E-state index in [1.54, 1.807) is 12.3 Å². The maximum atomic E-state index is 12.8. The van der Waals surface area contributed by atoms with Crippen molar-refractivity contribution in [2.75, 3.05) is 11.9 Å². The second-order valence-electron chi connectivity index (χ2n) is 3.49. The Morgan fingerprint density at radius 1 is 1.38 bits per heavy atom. The van der Waals surface area contributed by atoms with E-state index in [-0.39, 0.29) is 0 Å². The number of rotatable bonds is 4. The normalized spacial score (nSPS) is 10.4. The van der Waals surface area contributed by atoms with Crippen LogP contribution in [0.5, 0.6) is 0 Å². The first-order valence-corrected chi connectivity index (χ1v) is 5.08.